The van der Waals surface area contributed by atoms with Gasteiger partial charge >= 0.3 is 0 Å². The van der Waals surface area contributed by atoms with Gasteiger partial charge in [-0.2, -0.15) is 0 Å². The van der Waals surface area contributed by atoms with E-state index in [0.717, 1.165) is 67.3 Å². The Kier molecular flexibility index (Phi) is 6.40. The van der Waals surface area contributed by atoms with Crippen LogP contribution in [-0.2, 0) is 11.3 Å². The van der Waals surface area contributed by atoms with Crippen LogP contribution in [0, 0.1) is 5.92 Å². The second-order valence-corrected chi connectivity index (χ2v) is 9.74. The second kappa shape index (κ2) is 10.1. The first kappa shape index (κ1) is 23.4. The topological polar surface area (TPSA) is 112 Å². The van der Waals surface area contributed by atoms with Gasteiger partial charge in [0.1, 0.15) is 17.8 Å². The number of anilines is 2. The average Bonchev–Trinajstić information content (AvgIpc) is 3.65. The molecule has 37 heavy (non-hydrogen) atoms. The van der Waals surface area contributed by atoms with Gasteiger partial charge in [0.15, 0.2) is 5.75 Å². The zero-order valence-electron chi connectivity index (χ0n) is 20.9. The number of pyridine rings is 1. The Morgan fingerprint density at radius 1 is 1.14 bits per heavy atom. The third kappa shape index (κ3) is 5.39. The number of benzene rings is 1. The van der Waals surface area contributed by atoms with Crippen molar-refractivity contribution >= 4 is 28.7 Å². The Bertz CT molecular complexity index is 1410. The molecule has 4 heterocycles. The number of aromatic amines is 1. The lowest BCUT2D eigenvalue weighted by Crippen LogP contribution is -2.48. The number of H-pyrrole nitrogens is 1. The molecule has 2 N–H and O–H groups in total. The molecule has 1 aliphatic carbocycles. The molecule has 190 valence electrons. The fraction of sp³-hybridized carbons (Fsp3) is 0.370. The largest absolute Gasteiger partial charge is 0.493 e. The van der Waals surface area contributed by atoms with Gasteiger partial charge < -0.3 is 19.9 Å². The number of nitrogens with one attached hydrogen (secondary N) is 2. The van der Waals surface area contributed by atoms with E-state index in [4.69, 9.17) is 4.74 Å². The fourth-order valence-electron chi connectivity index (χ4n) is 4.77. The van der Waals surface area contributed by atoms with E-state index in [-0.39, 0.29) is 0 Å². The fourth-order valence-corrected chi connectivity index (χ4v) is 4.77. The maximum atomic E-state index is 12.4. The predicted octanol–water partition coefficient (Wildman–Crippen LogP) is 3.61. The van der Waals surface area contributed by atoms with Crippen LogP contribution in [0.15, 0.2) is 49.1 Å². The van der Waals surface area contributed by atoms with Crippen LogP contribution < -0.4 is 10.1 Å². The SMILES string of the molecule is COc1cncnc1-c1ccc2nc(Nc3cc(CN4CCN(C(=O)CC5CC5)CC4)ccn3)[nH]c2c1. The third-order valence-electron chi connectivity index (χ3n) is 7.02. The standard InChI is InChI=1S/C27H30N8O2/c1-37-23-15-28-17-30-26(23)20-4-5-21-22(14-20)32-27(31-21)33-24-12-19(6-7-29-24)16-34-8-10-35(11-9-34)25(36)13-18-2-3-18/h4-7,12,14-15,17-18H,2-3,8-11,13,16H2,1H3,(H2,29,31,32,33). The van der Waals surface area contributed by atoms with Gasteiger partial charge in [0, 0.05) is 50.9 Å². The number of carbonyl (C=O) groups excluding carboxylic acids is 1. The lowest BCUT2D eigenvalue weighted by atomic mass is 10.1. The minimum Gasteiger partial charge on any atom is -0.493 e. The van der Waals surface area contributed by atoms with Gasteiger partial charge in [-0.15, -0.1) is 0 Å². The van der Waals surface area contributed by atoms with Crippen molar-refractivity contribution < 1.29 is 9.53 Å². The molecule has 1 saturated heterocycles. The van der Waals surface area contributed by atoms with Crippen LogP contribution in [0.4, 0.5) is 11.8 Å². The number of fused-ring (bicyclic) bond motifs is 1. The number of ether oxygens (including phenoxy) is 1. The molecular formula is C27H30N8O2. The minimum atomic E-state index is 0.326. The number of hydrogen-bond acceptors (Lipinski definition) is 8. The molecule has 0 radical (unpaired) electrons. The van der Waals surface area contributed by atoms with E-state index >= 15 is 0 Å². The quantitative estimate of drug-likeness (QED) is 0.379. The molecule has 0 unspecified atom stereocenters. The molecule has 0 bridgehead atoms. The highest BCUT2D eigenvalue weighted by Crippen LogP contribution is 2.33. The molecule has 1 aliphatic heterocycles. The predicted molar refractivity (Wildman–Crippen MR) is 140 cm³/mol. The minimum absolute atomic E-state index is 0.326. The molecule has 6 rings (SSSR count). The Hall–Kier alpha value is -4.05. The maximum Gasteiger partial charge on any atom is 0.222 e. The van der Waals surface area contributed by atoms with Gasteiger partial charge in [0.05, 0.1) is 24.3 Å². The van der Waals surface area contributed by atoms with Crippen LogP contribution in [0.5, 0.6) is 5.75 Å². The summed E-state index contributed by atoms with van der Waals surface area (Å²) < 4.78 is 5.40. The Labute approximate surface area is 215 Å². The second-order valence-electron chi connectivity index (χ2n) is 9.74. The smallest absolute Gasteiger partial charge is 0.222 e. The molecule has 10 nitrogen and oxygen atoms in total. The number of amides is 1. The molecule has 2 aliphatic rings. The van der Waals surface area contributed by atoms with Gasteiger partial charge in [-0.05, 0) is 48.6 Å². The van der Waals surface area contributed by atoms with Crippen LogP contribution in [-0.4, -0.2) is 73.9 Å². The first-order valence-electron chi connectivity index (χ1n) is 12.7. The molecule has 10 heteroatoms. The number of aromatic nitrogens is 5. The zero-order chi connectivity index (χ0) is 25.2. The Morgan fingerprint density at radius 2 is 2.00 bits per heavy atom. The molecule has 3 aromatic heterocycles. The normalized spacial score (nSPS) is 16.2. The maximum absolute atomic E-state index is 12.4. The van der Waals surface area contributed by atoms with Crippen molar-refractivity contribution in [1.29, 1.82) is 0 Å². The molecule has 1 saturated carbocycles. The van der Waals surface area contributed by atoms with Crippen molar-refractivity contribution in [3.8, 4) is 17.0 Å². The number of methoxy groups -OCH3 is 1. The van der Waals surface area contributed by atoms with Gasteiger partial charge in [-0.25, -0.2) is 19.9 Å². The van der Waals surface area contributed by atoms with E-state index in [9.17, 15) is 4.79 Å². The monoisotopic (exact) mass is 498 g/mol. The van der Waals surface area contributed by atoms with Crippen molar-refractivity contribution in [1.82, 2.24) is 34.7 Å². The van der Waals surface area contributed by atoms with Gasteiger partial charge in [-0.3, -0.25) is 9.69 Å². The van der Waals surface area contributed by atoms with Crippen LogP contribution in [0.3, 0.4) is 0 Å². The van der Waals surface area contributed by atoms with Gasteiger partial charge in [0.25, 0.3) is 0 Å². The number of rotatable bonds is 8. The molecule has 0 spiro atoms. The molecule has 0 atom stereocenters. The van der Waals surface area contributed by atoms with Crippen LogP contribution in [0.1, 0.15) is 24.8 Å². The summed E-state index contributed by atoms with van der Waals surface area (Å²) >= 11 is 0. The summed E-state index contributed by atoms with van der Waals surface area (Å²) in [4.78, 5) is 37.7. The van der Waals surface area contributed by atoms with Crippen LogP contribution in [0.2, 0.25) is 0 Å². The lowest BCUT2D eigenvalue weighted by Gasteiger charge is -2.34. The van der Waals surface area contributed by atoms with E-state index in [1.807, 2.05) is 35.4 Å². The highest BCUT2D eigenvalue weighted by atomic mass is 16.5. The summed E-state index contributed by atoms with van der Waals surface area (Å²) in [5.41, 5.74) is 4.53. The van der Waals surface area contributed by atoms with Crippen molar-refractivity contribution in [3.63, 3.8) is 0 Å². The summed E-state index contributed by atoms with van der Waals surface area (Å²) in [7, 11) is 1.61. The number of hydrogen-bond donors (Lipinski definition) is 2. The number of nitrogens with zero attached hydrogens (tertiary/aromatic N) is 6. The summed E-state index contributed by atoms with van der Waals surface area (Å²) in [6.45, 7) is 4.23. The van der Waals surface area contributed by atoms with Crippen molar-refractivity contribution in [2.45, 2.75) is 25.8 Å². The highest BCUT2D eigenvalue weighted by Gasteiger charge is 2.28. The van der Waals surface area contributed by atoms with E-state index in [1.165, 1.54) is 24.7 Å². The summed E-state index contributed by atoms with van der Waals surface area (Å²) in [6, 6.07) is 10.0. The molecule has 2 fully saturated rings. The first-order valence-corrected chi connectivity index (χ1v) is 12.7. The molecule has 1 amide bonds. The summed E-state index contributed by atoms with van der Waals surface area (Å²) in [6.07, 6.45) is 8.15. The Morgan fingerprint density at radius 3 is 2.81 bits per heavy atom. The average molecular weight is 499 g/mol. The van der Waals surface area contributed by atoms with Gasteiger partial charge in [0.2, 0.25) is 11.9 Å². The van der Waals surface area contributed by atoms with Crippen LogP contribution in [0.25, 0.3) is 22.3 Å². The van der Waals surface area contributed by atoms with Crippen LogP contribution >= 0.6 is 0 Å². The zero-order valence-corrected chi connectivity index (χ0v) is 20.9. The lowest BCUT2D eigenvalue weighted by molar-refractivity contribution is -0.133. The number of piperazine rings is 1. The van der Waals surface area contributed by atoms with Crippen molar-refractivity contribution in [2.24, 2.45) is 5.92 Å². The number of carbonyl (C=O) groups is 1. The van der Waals surface area contributed by atoms with E-state index in [2.05, 4.69) is 41.2 Å². The summed E-state index contributed by atoms with van der Waals surface area (Å²) in [5.74, 6) is 2.93. The van der Waals surface area contributed by atoms with Gasteiger partial charge in [-0.1, -0.05) is 6.07 Å². The molecular weight excluding hydrogens is 468 g/mol. The summed E-state index contributed by atoms with van der Waals surface area (Å²) in [5, 5.41) is 3.30. The van der Waals surface area contributed by atoms with Crippen molar-refractivity contribution in [2.75, 3.05) is 38.6 Å². The number of imidazole rings is 1. The first-order chi connectivity index (χ1) is 18.1. The van der Waals surface area contributed by atoms with E-state index in [0.29, 0.717) is 23.5 Å². The molecule has 4 aromatic rings. The highest BCUT2D eigenvalue weighted by molar-refractivity contribution is 5.84. The molecule has 1 aromatic carbocycles. The van der Waals surface area contributed by atoms with E-state index < -0.39 is 0 Å². The third-order valence-corrected chi connectivity index (χ3v) is 7.02. The Balaban J connectivity index is 1.10. The van der Waals surface area contributed by atoms with E-state index in [1.54, 1.807) is 13.3 Å². The van der Waals surface area contributed by atoms with Crippen molar-refractivity contribution in [3.05, 3.63) is 54.6 Å².